The number of likely N-dealkylation sites (N-methyl/N-ethyl adjacent to an activating group) is 1. The van der Waals surface area contributed by atoms with Gasteiger partial charge in [-0.2, -0.15) is 0 Å². The Bertz CT molecular complexity index is 1540. The molecule has 40 heavy (non-hydrogen) atoms. The van der Waals surface area contributed by atoms with Crippen molar-refractivity contribution < 1.29 is 18.3 Å². The van der Waals surface area contributed by atoms with Crippen LogP contribution in [0.1, 0.15) is 47.5 Å². The van der Waals surface area contributed by atoms with E-state index in [1.54, 1.807) is 39.1 Å². The van der Waals surface area contributed by atoms with E-state index in [4.69, 9.17) is 4.74 Å². The molecule has 0 radical (unpaired) electrons. The van der Waals surface area contributed by atoms with E-state index in [0.29, 0.717) is 23.0 Å². The molecule has 4 rings (SSSR count). The minimum atomic E-state index is -2.54. The van der Waals surface area contributed by atoms with Crippen LogP contribution in [-0.4, -0.2) is 49.0 Å². The standard InChI is InChI=1S/C31H35F2N5O2/c1-18-24(9-8-10-25(18)30(32)33)19(2)34-31-26-17-23(11-13-27(26)35-20(3)36-31)38(6)22-12-14-28(40-7)21(15-22)16-29(39)37(4)5/h8-15,17,19,30H,16H2,1-7H3,(H,34,35,36)/t19-/m0/s1. The largest absolute Gasteiger partial charge is 0.496 e. The molecule has 7 nitrogen and oxygen atoms in total. The maximum atomic E-state index is 13.5. The number of rotatable bonds is 9. The number of aromatic nitrogens is 2. The molecule has 0 bridgehead atoms. The number of carbonyl (C=O) groups is 1. The highest BCUT2D eigenvalue weighted by Crippen LogP contribution is 2.34. The molecule has 9 heteroatoms. The minimum absolute atomic E-state index is 0.0181. The Morgan fingerprint density at radius 3 is 2.33 bits per heavy atom. The highest BCUT2D eigenvalue weighted by molar-refractivity contribution is 5.92. The molecule has 1 N–H and O–H groups in total. The van der Waals surface area contributed by atoms with Gasteiger partial charge < -0.3 is 19.9 Å². The van der Waals surface area contributed by atoms with Crippen molar-refractivity contribution in [1.82, 2.24) is 14.9 Å². The molecule has 0 fully saturated rings. The molecule has 1 aromatic heterocycles. The molecule has 1 heterocycles. The Kier molecular flexibility index (Phi) is 8.52. The lowest BCUT2D eigenvalue weighted by molar-refractivity contribution is -0.127. The molecule has 0 saturated carbocycles. The first-order chi connectivity index (χ1) is 19.0. The van der Waals surface area contributed by atoms with Gasteiger partial charge in [0.1, 0.15) is 17.4 Å². The Morgan fingerprint density at radius 1 is 0.975 bits per heavy atom. The Morgan fingerprint density at radius 2 is 1.65 bits per heavy atom. The zero-order chi connectivity index (χ0) is 29.1. The third-order valence-electron chi connectivity index (χ3n) is 7.14. The SMILES string of the molecule is COc1ccc(N(C)c2ccc3nc(C)nc(N[C@@H](C)c4cccc(C(F)F)c4C)c3c2)cc1CC(=O)N(C)C. The van der Waals surface area contributed by atoms with Gasteiger partial charge in [0.15, 0.2) is 0 Å². The smallest absolute Gasteiger partial charge is 0.264 e. The van der Waals surface area contributed by atoms with Crippen molar-refractivity contribution in [3.05, 3.63) is 82.7 Å². The first-order valence-electron chi connectivity index (χ1n) is 13.0. The van der Waals surface area contributed by atoms with Gasteiger partial charge in [0.25, 0.3) is 6.43 Å². The predicted molar refractivity (Wildman–Crippen MR) is 156 cm³/mol. The van der Waals surface area contributed by atoms with E-state index in [0.717, 1.165) is 33.4 Å². The summed E-state index contributed by atoms with van der Waals surface area (Å²) >= 11 is 0. The van der Waals surface area contributed by atoms with Crippen molar-refractivity contribution in [2.75, 3.05) is 38.5 Å². The normalized spacial score (nSPS) is 11.9. The molecule has 3 aromatic carbocycles. The van der Waals surface area contributed by atoms with Gasteiger partial charge in [-0.3, -0.25) is 4.79 Å². The van der Waals surface area contributed by atoms with Gasteiger partial charge in [-0.15, -0.1) is 0 Å². The lowest BCUT2D eigenvalue weighted by Gasteiger charge is -2.23. The summed E-state index contributed by atoms with van der Waals surface area (Å²) in [6.07, 6.45) is -2.31. The molecule has 1 amide bonds. The number of hydrogen-bond donors (Lipinski definition) is 1. The summed E-state index contributed by atoms with van der Waals surface area (Å²) in [6, 6.07) is 16.4. The van der Waals surface area contributed by atoms with Crippen LogP contribution in [0.25, 0.3) is 10.9 Å². The van der Waals surface area contributed by atoms with Gasteiger partial charge in [0.2, 0.25) is 5.91 Å². The van der Waals surface area contributed by atoms with Crippen molar-refractivity contribution in [3.8, 4) is 5.75 Å². The number of carbonyl (C=O) groups excluding carboxylic acids is 1. The van der Waals surface area contributed by atoms with E-state index in [2.05, 4.69) is 15.3 Å². The molecule has 1 atom stereocenters. The van der Waals surface area contributed by atoms with Gasteiger partial charge in [0.05, 0.1) is 25.1 Å². The van der Waals surface area contributed by atoms with Crippen molar-refractivity contribution in [2.24, 2.45) is 0 Å². The number of anilines is 3. The van der Waals surface area contributed by atoms with Crippen molar-refractivity contribution in [1.29, 1.82) is 0 Å². The lowest BCUT2D eigenvalue weighted by Crippen LogP contribution is -2.23. The second-order valence-electron chi connectivity index (χ2n) is 10.1. The Balaban J connectivity index is 1.70. The second-order valence-corrected chi connectivity index (χ2v) is 10.1. The highest BCUT2D eigenvalue weighted by atomic mass is 19.3. The zero-order valence-corrected chi connectivity index (χ0v) is 23.9. The summed E-state index contributed by atoms with van der Waals surface area (Å²) in [5.41, 5.74) is 4.72. The quantitative estimate of drug-likeness (QED) is 0.250. The molecule has 0 unspecified atom stereocenters. The fraction of sp³-hybridized carbons (Fsp3) is 0.323. The fourth-order valence-electron chi connectivity index (χ4n) is 4.79. The van der Waals surface area contributed by atoms with Crippen LogP contribution in [0.2, 0.25) is 0 Å². The molecular formula is C31H35F2N5O2. The van der Waals surface area contributed by atoms with Crippen molar-refractivity contribution in [2.45, 2.75) is 39.7 Å². The summed E-state index contributed by atoms with van der Waals surface area (Å²) in [6.45, 7) is 5.48. The molecule has 0 aliphatic carbocycles. The van der Waals surface area contributed by atoms with Gasteiger partial charge in [-0.25, -0.2) is 18.7 Å². The van der Waals surface area contributed by atoms with Crippen LogP contribution in [0.15, 0.2) is 54.6 Å². The second kappa shape index (κ2) is 11.9. The Labute approximate surface area is 233 Å². The Hall–Kier alpha value is -4.27. The van der Waals surface area contributed by atoms with Crippen LogP contribution in [0.5, 0.6) is 5.75 Å². The highest BCUT2D eigenvalue weighted by Gasteiger charge is 2.19. The van der Waals surface area contributed by atoms with E-state index in [1.165, 1.54) is 6.07 Å². The summed E-state index contributed by atoms with van der Waals surface area (Å²) in [5, 5.41) is 4.24. The minimum Gasteiger partial charge on any atom is -0.496 e. The number of hydrogen-bond acceptors (Lipinski definition) is 6. The number of alkyl halides is 2. The van der Waals surface area contributed by atoms with Gasteiger partial charge in [-0.1, -0.05) is 18.2 Å². The molecule has 0 spiro atoms. The number of amides is 1. The first-order valence-corrected chi connectivity index (χ1v) is 13.0. The predicted octanol–water partition coefficient (Wildman–Crippen LogP) is 6.76. The summed E-state index contributed by atoms with van der Waals surface area (Å²) < 4.78 is 32.5. The number of methoxy groups -OCH3 is 1. The first kappa shape index (κ1) is 28.7. The van der Waals surface area contributed by atoms with E-state index in [9.17, 15) is 13.6 Å². The lowest BCUT2D eigenvalue weighted by atomic mass is 9.97. The van der Waals surface area contributed by atoms with Crippen LogP contribution in [-0.2, 0) is 11.2 Å². The van der Waals surface area contributed by atoms with Crippen LogP contribution in [0.4, 0.5) is 26.0 Å². The van der Waals surface area contributed by atoms with Gasteiger partial charge in [-0.05, 0) is 68.3 Å². The molecule has 210 valence electrons. The number of aryl methyl sites for hydroxylation is 1. The number of ether oxygens (including phenoxy) is 1. The average molecular weight is 548 g/mol. The van der Waals surface area contributed by atoms with E-state index < -0.39 is 6.43 Å². The van der Waals surface area contributed by atoms with E-state index >= 15 is 0 Å². The van der Waals surface area contributed by atoms with Crippen LogP contribution in [0, 0.1) is 13.8 Å². The average Bonchev–Trinajstić information content (AvgIpc) is 2.92. The van der Waals surface area contributed by atoms with Gasteiger partial charge in [0, 0.05) is 49.0 Å². The molecule has 0 aliphatic rings. The summed E-state index contributed by atoms with van der Waals surface area (Å²) in [4.78, 5) is 25.3. The van der Waals surface area contributed by atoms with Crippen LogP contribution in [0.3, 0.4) is 0 Å². The van der Waals surface area contributed by atoms with Crippen LogP contribution >= 0.6 is 0 Å². The maximum absolute atomic E-state index is 13.5. The molecular weight excluding hydrogens is 512 g/mol. The number of benzene rings is 3. The monoisotopic (exact) mass is 547 g/mol. The number of nitrogens with one attached hydrogen (secondary N) is 1. The van der Waals surface area contributed by atoms with Crippen LogP contribution < -0.4 is 15.0 Å². The molecule has 4 aromatic rings. The molecule has 0 saturated heterocycles. The third-order valence-corrected chi connectivity index (χ3v) is 7.14. The van der Waals surface area contributed by atoms with Gasteiger partial charge >= 0.3 is 0 Å². The number of fused-ring (bicyclic) bond motifs is 1. The number of halogens is 2. The van der Waals surface area contributed by atoms with Crippen molar-refractivity contribution in [3.63, 3.8) is 0 Å². The third kappa shape index (κ3) is 5.98. The topological polar surface area (TPSA) is 70.6 Å². The van der Waals surface area contributed by atoms with E-state index in [-0.39, 0.29) is 23.9 Å². The van der Waals surface area contributed by atoms with Crippen molar-refractivity contribution >= 4 is 34.0 Å². The van der Waals surface area contributed by atoms with E-state index in [1.807, 2.05) is 68.3 Å². The number of nitrogens with zero attached hydrogens (tertiary/aromatic N) is 4. The zero-order valence-electron chi connectivity index (χ0n) is 23.9. The fourth-order valence-corrected chi connectivity index (χ4v) is 4.79. The summed E-state index contributed by atoms with van der Waals surface area (Å²) in [5.74, 6) is 1.86. The maximum Gasteiger partial charge on any atom is 0.264 e. The summed E-state index contributed by atoms with van der Waals surface area (Å²) in [7, 11) is 7.00. The molecule has 0 aliphatic heterocycles.